The van der Waals surface area contributed by atoms with E-state index in [0.717, 1.165) is 12.5 Å². The second kappa shape index (κ2) is 6.69. The maximum absolute atomic E-state index is 13.1. The Balaban J connectivity index is 3.16. The summed E-state index contributed by atoms with van der Waals surface area (Å²) in [5.41, 5.74) is 4.51. The maximum Gasteiger partial charge on any atom is 0.417 e. The van der Waals surface area contributed by atoms with Crippen LogP contribution in [0.1, 0.15) is 31.4 Å². The van der Waals surface area contributed by atoms with Crippen molar-refractivity contribution in [1.29, 1.82) is 0 Å². The number of benzene rings is 1. The van der Waals surface area contributed by atoms with E-state index in [2.05, 4.69) is 19.0 Å². The first kappa shape index (κ1) is 17.1. The van der Waals surface area contributed by atoms with E-state index in [9.17, 15) is 13.2 Å². The van der Waals surface area contributed by atoms with E-state index in [1.807, 2.05) is 0 Å². The zero-order chi connectivity index (χ0) is 16.2. The molecular formula is C14H20F3N3O. The standard InChI is InChI=1S/C14H20F3N3O/c1-9(2)6-7-20(3)10-4-5-11(13(18)19-21)12(8-10)14(15,16)17/h4-5,8-9,21H,6-7H2,1-3H3,(H2,18,19). The molecule has 4 nitrogen and oxygen atoms in total. The first-order valence-electron chi connectivity index (χ1n) is 6.57. The van der Waals surface area contributed by atoms with Crippen LogP contribution < -0.4 is 10.6 Å². The molecule has 3 N–H and O–H groups in total. The fourth-order valence-electron chi connectivity index (χ4n) is 1.86. The summed E-state index contributed by atoms with van der Waals surface area (Å²) in [4.78, 5) is 1.76. The number of anilines is 1. The lowest BCUT2D eigenvalue weighted by Gasteiger charge is -2.22. The SMILES string of the molecule is CC(C)CCN(C)c1ccc(C(N)=NO)c(C(F)(F)F)c1. The Kier molecular flexibility index (Phi) is 5.46. The van der Waals surface area contributed by atoms with Crippen LogP contribution in [0.2, 0.25) is 0 Å². The molecule has 0 bridgehead atoms. The molecule has 0 aliphatic carbocycles. The average molecular weight is 303 g/mol. The third-order valence-electron chi connectivity index (χ3n) is 3.17. The minimum atomic E-state index is -4.57. The molecule has 0 saturated carbocycles. The Labute approximate surface area is 122 Å². The van der Waals surface area contributed by atoms with Gasteiger partial charge in [-0.05, 0) is 30.5 Å². The van der Waals surface area contributed by atoms with Crippen molar-refractivity contribution in [2.45, 2.75) is 26.4 Å². The van der Waals surface area contributed by atoms with E-state index in [1.54, 1.807) is 11.9 Å². The van der Waals surface area contributed by atoms with Crippen LogP contribution in [0.3, 0.4) is 0 Å². The van der Waals surface area contributed by atoms with Crippen LogP contribution >= 0.6 is 0 Å². The zero-order valence-corrected chi connectivity index (χ0v) is 12.3. The smallest absolute Gasteiger partial charge is 0.409 e. The molecule has 118 valence electrons. The summed E-state index contributed by atoms with van der Waals surface area (Å²) in [6, 6.07) is 3.77. The van der Waals surface area contributed by atoms with Gasteiger partial charge in [0, 0.05) is 24.8 Å². The predicted molar refractivity (Wildman–Crippen MR) is 76.7 cm³/mol. The van der Waals surface area contributed by atoms with Gasteiger partial charge in [0.2, 0.25) is 0 Å². The molecule has 0 aliphatic rings. The highest BCUT2D eigenvalue weighted by Crippen LogP contribution is 2.34. The molecular weight excluding hydrogens is 283 g/mol. The number of amidine groups is 1. The normalized spacial score (nSPS) is 12.8. The zero-order valence-electron chi connectivity index (χ0n) is 12.3. The van der Waals surface area contributed by atoms with Crippen LogP contribution in [0.4, 0.5) is 18.9 Å². The number of oxime groups is 1. The Morgan fingerprint density at radius 1 is 1.38 bits per heavy atom. The highest BCUT2D eigenvalue weighted by atomic mass is 19.4. The predicted octanol–water partition coefficient (Wildman–Crippen LogP) is 3.28. The monoisotopic (exact) mass is 303 g/mol. The molecule has 21 heavy (non-hydrogen) atoms. The summed E-state index contributed by atoms with van der Waals surface area (Å²) in [6.07, 6.45) is -3.70. The molecule has 0 amide bonds. The van der Waals surface area contributed by atoms with Gasteiger partial charge in [0.05, 0.1) is 5.56 Å². The number of hydrogen-bond acceptors (Lipinski definition) is 3. The van der Waals surface area contributed by atoms with Crippen molar-refractivity contribution in [1.82, 2.24) is 0 Å². The molecule has 0 atom stereocenters. The van der Waals surface area contributed by atoms with Gasteiger partial charge in [-0.15, -0.1) is 0 Å². The van der Waals surface area contributed by atoms with Crippen molar-refractivity contribution < 1.29 is 18.4 Å². The van der Waals surface area contributed by atoms with Crippen molar-refractivity contribution >= 4 is 11.5 Å². The molecule has 0 unspecified atom stereocenters. The molecule has 1 aromatic carbocycles. The van der Waals surface area contributed by atoms with Crippen LogP contribution in [-0.4, -0.2) is 24.6 Å². The van der Waals surface area contributed by atoms with Crippen LogP contribution in [0.15, 0.2) is 23.4 Å². The lowest BCUT2D eigenvalue weighted by molar-refractivity contribution is -0.137. The first-order valence-corrected chi connectivity index (χ1v) is 6.57. The van der Waals surface area contributed by atoms with Crippen molar-refractivity contribution in [3.05, 3.63) is 29.3 Å². The molecule has 1 rings (SSSR count). The molecule has 1 aromatic rings. The Bertz CT molecular complexity index is 513. The summed E-state index contributed by atoms with van der Waals surface area (Å²) < 4.78 is 39.3. The molecule has 0 fully saturated rings. The largest absolute Gasteiger partial charge is 0.417 e. The highest BCUT2D eigenvalue weighted by Gasteiger charge is 2.35. The third-order valence-corrected chi connectivity index (χ3v) is 3.17. The van der Waals surface area contributed by atoms with Gasteiger partial charge in [0.15, 0.2) is 5.84 Å². The van der Waals surface area contributed by atoms with Gasteiger partial charge in [-0.1, -0.05) is 19.0 Å². The van der Waals surface area contributed by atoms with E-state index in [-0.39, 0.29) is 5.56 Å². The van der Waals surface area contributed by atoms with E-state index in [4.69, 9.17) is 10.9 Å². The van der Waals surface area contributed by atoms with E-state index < -0.39 is 17.6 Å². The number of rotatable bonds is 5. The molecule has 0 aromatic heterocycles. The number of nitrogens with zero attached hydrogens (tertiary/aromatic N) is 2. The molecule has 0 aliphatic heterocycles. The van der Waals surface area contributed by atoms with E-state index >= 15 is 0 Å². The van der Waals surface area contributed by atoms with Crippen molar-refractivity contribution in [3.8, 4) is 0 Å². The Morgan fingerprint density at radius 2 is 2.00 bits per heavy atom. The van der Waals surface area contributed by atoms with Crippen LogP contribution in [-0.2, 0) is 6.18 Å². The molecule has 0 saturated heterocycles. The van der Waals surface area contributed by atoms with Crippen molar-refractivity contribution in [2.75, 3.05) is 18.5 Å². The summed E-state index contributed by atoms with van der Waals surface area (Å²) in [7, 11) is 1.74. The minimum Gasteiger partial charge on any atom is -0.409 e. The van der Waals surface area contributed by atoms with Crippen LogP contribution in [0.5, 0.6) is 0 Å². The Morgan fingerprint density at radius 3 is 2.48 bits per heavy atom. The topological polar surface area (TPSA) is 61.8 Å². The number of halogens is 3. The summed E-state index contributed by atoms with van der Waals surface area (Å²) in [5, 5.41) is 11.2. The molecule has 0 spiro atoms. The lowest BCUT2D eigenvalue weighted by Crippen LogP contribution is -2.23. The molecule has 7 heteroatoms. The summed E-state index contributed by atoms with van der Waals surface area (Å²) in [5.74, 6) is -0.0929. The van der Waals surface area contributed by atoms with Crippen molar-refractivity contribution in [3.63, 3.8) is 0 Å². The van der Waals surface area contributed by atoms with Gasteiger partial charge in [0.25, 0.3) is 0 Å². The van der Waals surface area contributed by atoms with Crippen LogP contribution in [0.25, 0.3) is 0 Å². The fraction of sp³-hybridized carbons (Fsp3) is 0.500. The Hall–Kier alpha value is -1.92. The molecule has 0 heterocycles. The summed E-state index contributed by atoms with van der Waals surface area (Å²) in [6.45, 7) is 4.75. The third kappa shape index (κ3) is 4.54. The second-order valence-electron chi connectivity index (χ2n) is 5.32. The van der Waals surface area contributed by atoms with Gasteiger partial charge in [-0.3, -0.25) is 0 Å². The van der Waals surface area contributed by atoms with Gasteiger partial charge in [-0.25, -0.2) is 0 Å². The van der Waals surface area contributed by atoms with E-state index in [0.29, 0.717) is 18.2 Å². The number of alkyl halides is 3. The fourth-order valence-corrected chi connectivity index (χ4v) is 1.86. The van der Waals surface area contributed by atoms with Crippen LogP contribution in [0, 0.1) is 5.92 Å². The number of hydrogen-bond donors (Lipinski definition) is 2. The average Bonchev–Trinajstić information content (AvgIpc) is 2.42. The van der Waals surface area contributed by atoms with Gasteiger partial charge >= 0.3 is 6.18 Å². The van der Waals surface area contributed by atoms with Gasteiger partial charge < -0.3 is 15.8 Å². The quantitative estimate of drug-likeness (QED) is 0.380. The van der Waals surface area contributed by atoms with E-state index in [1.165, 1.54) is 12.1 Å². The second-order valence-corrected chi connectivity index (χ2v) is 5.32. The molecule has 0 radical (unpaired) electrons. The minimum absolute atomic E-state index is 0.328. The maximum atomic E-state index is 13.1. The summed E-state index contributed by atoms with van der Waals surface area (Å²) >= 11 is 0. The van der Waals surface area contributed by atoms with Gasteiger partial charge in [-0.2, -0.15) is 13.2 Å². The highest BCUT2D eigenvalue weighted by molar-refractivity contribution is 5.99. The van der Waals surface area contributed by atoms with Gasteiger partial charge in [0.1, 0.15) is 0 Å². The lowest BCUT2D eigenvalue weighted by atomic mass is 10.0. The first-order chi connectivity index (χ1) is 9.66. The van der Waals surface area contributed by atoms with Crippen molar-refractivity contribution in [2.24, 2.45) is 16.8 Å². The number of nitrogens with two attached hydrogens (primary N) is 1.